The van der Waals surface area contributed by atoms with Gasteiger partial charge in [-0.3, -0.25) is 4.79 Å². The molecule has 6 heteroatoms. The van der Waals surface area contributed by atoms with E-state index in [9.17, 15) is 4.79 Å². The zero-order chi connectivity index (χ0) is 9.02. The van der Waals surface area contributed by atoms with Gasteiger partial charge in [0.2, 0.25) is 0 Å². The van der Waals surface area contributed by atoms with Gasteiger partial charge in [-0.2, -0.15) is 0 Å². The smallest absolute Gasteiger partial charge is 0.323 e. The van der Waals surface area contributed by atoms with E-state index in [1.165, 1.54) is 0 Å². The molecule has 0 aromatic rings. The van der Waals surface area contributed by atoms with Crippen LogP contribution >= 0.6 is 0 Å². The van der Waals surface area contributed by atoms with Crippen LogP contribution in [0.1, 0.15) is 0 Å². The van der Waals surface area contributed by atoms with Crippen molar-refractivity contribution in [3.63, 3.8) is 0 Å². The molecule has 3 atom stereocenters. The van der Waals surface area contributed by atoms with Crippen molar-refractivity contribution in [2.75, 3.05) is 6.54 Å². The van der Waals surface area contributed by atoms with E-state index in [0.29, 0.717) is 0 Å². The van der Waals surface area contributed by atoms with Crippen LogP contribution in [-0.2, 0) is 4.79 Å². The first-order valence-corrected chi connectivity index (χ1v) is 3.05. The average Bonchev–Trinajstić information content (AvgIpc) is 2.00. The number of rotatable bonds is 4. The van der Waals surface area contributed by atoms with Gasteiger partial charge in [-0.05, 0) is 0 Å². The van der Waals surface area contributed by atoms with Gasteiger partial charge in [0.15, 0.2) is 0 Å². The van der Waals surface area contributed by atoms with E-state index in [1.807, 2.05) is 0 Å². The SMILES string of the molecule is NCC(O)C(O)[C@@H](N)C(=O)O. The van der Waals surface area contributed by atoms with Gasteiger partial charge in [0, 0.05) is 6.54 Å². The molecular formula is C5H12N2O4. The lowest BCUT2D eigenvalue weighted by Gasteiger charge is -2.18. The van der Waals surface area contributed by atoms with Crippen molar-refractivity contribution in [3.05, 3.63) is 0 Å². The van der Waals surface area contributed by atoms with Gasteiger partial charge in [0.25, 0.3) is 0 Å². The number of nitrogens with two attached hydrogens (primary N) is 2. The molecule has 0 aliphatic heterocycles. The molecule has 0 bridgehead atoms. The quantitative estimate of drug-likeness (QED) is 0.302. The summed E-state index contributed by atoms with van der Waals surface area (Å²) in [6, 6.07) is -1.49. The number of carboxylic acid groups (broad SMARTS) is 1. The standard InChI is InChI=1S/C5H12N2O4/c6-1-2(8)4(9)3(7)5(10)11/h2-4,8-9H,1,6-7H2,(H,10,11)/t2?,3-,4?/m1/s1. The molecule has 11 heavy (non-hydrogen) atoms. The molecule has 6 nitrogen and oxygen atoms in total. The summed E-state index contributed by atoms with van der Waals surface area (Å²) < 4.78 is 0. The zero-order valence-electron chi connectivity index (χ0n) is 5.84. The van der Waals surface area contributed by atoms with Crippen molar-refractivity contribution in [1.82, 2.24) is 0 Å². The Morgan fingerprint density at radius 1 is 1.45 bits per heavy atom. The minimum atomic E-state index is -1.52. The summed E-state index contributed by atoms with van der Waals surface area (Å²) >= 11 is 0. The van der Waals surface area contributed by atoms with Crippen molar-refractivity contribution in [2.24, 2.45) is 11.5 Å². The van der Waals surface area contributed by atoms with Gasteiger partial charge in [-0.1, -0.05) is 0 Å². The maximum atomic E-state index is 10.1. The number of aliphatic hydroxyl groups is 2. The van der Waals surface area contributed by atoms with Crippen LogP contribution in [-0.4, -0.2) is 46.1 Å². The molecule has 66 valence electrons. The van der Waals surface area contributed by atoms with Gasteiger partial charge in [-0.25, -0.2) is 0 Å². The molecule has 0 radical (unpaired) electrons. The van der Waals surface area contributed by atoms with Crippen molar-refractivity contribution in [1.29, 1.82) is 0 Å². The second-order valence-corrected chi connectivity index (χ2v) is 2.16. The monoisotopic (exact) mass is 164 g/mol. The van der Waals surface area contributed by atoms with Crippen LogP contribution in [0.5, 0.6) is 0 Å². The fourth-order valence-corrected chi connectivity index (χ4v) is 0.525. The average molecular weight is 164 g/mol. The predicted octanol–water partition coefficient (Wildman–Crippen LogP) is -2.92. The van der Waals surface area contributed by atoms with E-state index in [2.05, 4.69) is 0 Å². The second kappa shape index (κ2) is 4.24. The summed E-state index contributed by atoms with van der Waals surface area (Å²) in [5.74, 6) is -1.37. The second-order valence-electron chi connectivity index (χ2n) is 2.16. The molecule has 0 aliphatic carbocycles. The predicted molar refractivity (Wildman–Crippen MR) is 36.7 cm³/mol. The number of hydrogen-bond donors (Lipinski definition) is 5. The van der Waals surface area contributed by atoms with Crippen LogP contribution in [0.3, 0.4) is 0 Å². The van der Waals surface area contributed by atoms with E-state index in [4.69, 9.17) is 26.8 Å². The normalized spacial score (nSPS) is 18.9. The molecule has 0 aromatic carbocycles. The Hall–Kier alpha value is -0.690. The van der Waals surface area contributed by atoms with Gasteiger partial charge in [0.1, 0.15) is 12.1 Å². The van der Waals surface area contributed by atoms with Crippen LogP contribution in [0.15, 0.2) is 0 Å². The number of aliphatic carboxylic acids is 1. The molecule has 0 spiro atoms. The van der Waals surface area contributed by atoms with Crippen molar-refractivity contribution < 1.29 is 20.1 Å². The summed E-state index contributed by atoms with van der Waals surface area (Å²) in [7, 11) is 0. The molecule has 0 saturated carbocycles. The Kier molecular flexibility index (Phi) is 3.98. The summed E-state index contributed by atoms with van der Waals surface area (Å²) in [4.78, 5) is 10.1. The maximum Gasteiger partial charge on any atom is 0.323 e. The first kappa shape index (κ1) is 10.3. The van der Waals surface area contributed by atoms with E-state index in [0.717, 1.165) is 0 Å². The topological polar surface area (TPSA) is 130 Å². The van der Waals surface area contributed by atoms with E-state index < -0.39 is 24.2 Å². The summed E-state index contributed by atoms with van der Waals surface area (Å²) in [5, 5.41) is 26.0. The molecule has 7 N–H and O–H groups in total. The highest BCUT2D eigenvalue weighted by Gasteiger charge is 2.27. The van der Waals surface area contributed by atoms with Crippen LogP contribution in [0.25, 0.3) is 0 Å². The minimum absolute atomic E-state index is 0.220. The Bertz CT molecular complexity index is 140. The maximum absolute atomic E-state index is 10.1. The lowest BCUT2D eigenvalue weighted by molar-refractivity contribution is -0.143. The molecule has 0 heterocycles. The highest BCUT2D eigenvalue weighted by molar-refractivity contribution is 5.73. The number of aliphatic hydroxyl groups excluding tert-OH is 2. The molecule has 0 amide bonds. The van der Waals surface area contributed by atoms with E-state index in [-0.39, 0.29) is 6.54 Å². The Labute approximate surface area is 63.4 Å². The largest absolute Gasteiger partial charge is 0.480 e. The van der Waals surface area contributed by atoms with Crippen molar-refractivity contribution >= 4 is 5.97 Å². The van der Waals surface area contributed by atoms with Crippen LogP contribution < -0.4 is 11.5 Å². The first-order chi connectivity index (χ1) is 5.00. The molecular weight excluding hydrogens is 152 g/mol. The van der Waals surface area contributed by atoms with Crippen LogP contribution in [0.2, 0.25) is 0 Å². The molecule has 0 saturated heterocycles. The Morgan fingerprint density at radius 2 is 1.91 bits per heavy atom. The molecule has 2 unspecified atom stereocenters. The van der Waals surface area contributed by atoms with Gasteiger partial charge < -0.3 is 26.8 Å². The lowest BCUT2D eigenvalue weighted by Crippen LogP contribution is -2.50. The zero-order valence-corrected chi connectivity index (χ0v) is 5.84. The summed E-state index contributed by atoms with van der Waals surface area (Å²) in [5.41, 5.74) is 9.92. The van der Waals surface area contributed by atoms with E-state index >= 15 is 0 Å². The molecule has 0 fully saturated rings. The number of hydrogen-bond acceptors (Lipinski definition) is 5. The number of carboxylic acids is 1. The fourth-order valence-electron chi connectivity index (χ4n) is 0.525. The highest BCUT2D eigenvalue weighted by Crippen LogP contribution is 1.96. The van der Waals surface area contributed by atoms with Crippen LogP contribution in [0.4, 0.5) is 0 Å². The fraction of sp³-hybridized carbons (Fsp3) is 0.800. The van der Waals surface area contributed by atoms with Crippen molar-refractivity contribution in [2.45, 2.75) is 18.2 Å². The van der Waals surface area contributed by atoms with Gasteiger partial charge >= 0.3 is 5.97 Å². The van der Waals surface area contributed by atoms with Gasteiger partial charge in [0.05, 0.1) is 6.10 Å². The third kappa shape index (κ3) is 2.81. The van der Waals surface area contributed by atoms with E-state index in [1.54, 1.807) is 0 Å². The molecule has 0 aromatic heterocycles. The lowest BCUT2D eigenvalue weighted by atomic mass is 10.1. The Morgan fingerprint density at radius 3 is 2.18 bits per heavy atom. The summed E-state index contributed by atoms with van der Waals surface area (Å²) in [6.45, 7) is -0.220. The van der Waals surface area contributed by atoms with Crippen molar-refractivity contribution in [3.8, 4) is 0 Å². The first-order valence-electron chi connectivity index (χ1n) is 3.05. The van der Waals surface area contributed by atoms with Crippen LogP contribution in [0, 0.1) is 0 Å². The third-order valence-electron chi connectivity index (χ3n) is 1.29. The Balaban J connectivity index is 4.00. The minimum Gasteiger partial charge on any atom is -0.480 e. The molecule has 0 aliphatic rings. The third-order valence-corrected chi connectivity index (χ3v) is 1.29. The molecule has 0 rings (SSSR count). The summed E-state index contributed by atoms with van der Waals surface area (Å²) in [6.07, 6.45) is -2.81. The highest BCUT2D eigenvalue weighted by atomic mass is 16.4. The van der Waals surface area contributed by atoms with Gasteiger partial charge in [-0.15, -0.1) is 0 Å². The number of carbonyl (C=O) groups is 1.